The number of likely N-dealkylation sites (N-methyl/N-ethyl adjacent to an activating group) is 1. The van der Waals surface area contributed by atoms with Crippen LogP contribution in [0.15, 0.2) is 9.59 Å². The fraction of sp³-hybridized carbons (Fsp3) is 0.720. The molecule has 37 heavy (non-hydrogen) atoms. The van der Waals surface area contributed by atoms with Gasteiger partial charge in [-0.15, -0.1) is 0 Å². The average molecular weight is 519 g/mol. The first-order chi connectivity index (χ1) is 17.2. The lowest BCUT2D eigenvalue weighted by Gasteiger charge is -2.58. The predicted molar refractivity (Wildman–Crippen MR) is 136 cm³/mol. The van der Waals surface area contributed by atoms with Crippen LogP contribution >= 0.6 is 0 Å². The van der Waals surface area contributed by atoms with E-state index in [9.17, 15) is 29.4 Å². The van der Waals surface area contributed by atoms with E-state index in [0.29, 0.717) is 44.9 Å². The number of amides is 3. The number of aliphatic hydroxyl groups is 1. The van der Waals surface area contributed by atoms with Gasteiger partial charge in [-0.25, -0.2) is 9.59 Å². The van der Waals surface area contributed by atoms with Crippen molar-refractivity contribution in [3.05, 3.63) is 26.4 Å². The highest BCUT2D eigenvalue weighted by atomic mass is 16.3. The number of β-amino-alcohol motifs (C(OH)–C–C–N with tert-alkyl or cyclic N) is 1. The normalized spacial score (nSPS) is 27.9. The van der Waals surface area contributed by atoms with Crippen LogP contribution in [-0.2, 0) is 11.3 Å². The number of aromatic hydroxyl groups is 1. The molecule has 3 amide bonds. The predicted octanol–water partition coefficient (Wildman–Crippen LogP) is 1.10. The maximum absolute atomic E-state index is 13.3. The SMILES string of the molecule is CCCCn1c(O)c(C(=N)N)c(=O)n(C2CCC3(CC2)CC2(C3)C(=O)N(C)C(=O)N2CC(C)(C)O)c1=O. The second-order valence-electron chi connectivity index (χ2n) is 11.7. The Balaban J connectivity index is 1.59. The Morgan fingerprint density at radius 3 is 2.27 bits per heavy atom. The quantitative estimate of drug-likeness (QED) is 0.237. The fourth-order valence-corrected chi connectivity index (χ4v) is 6.58. The Hall–Kier alpha value is -3.15. The van der Waals surface area contributed by atoms with Crippen molar-refractivity contribution in [2.75, 3.05) is 13.6 Å². The molecular formula is C25H38N6O6. The van der Waals surface area contributed by atoms with Gasteiger partial charge in [0.25, 0.3) is 11.5 Å². The van der Waals surface area contributed by atoms with Crippen molar-refractivity contribution in [2.24, 2.45) is 11.1 Å². The first-order valence-electron chi connectivity index (χ1n) is 12.9. The molecule has 2 aliphatic carbocycles. The topological polar surface area (TPSA) is 175 Å². The summed E-state index contributed by atoms with van der Waals surface area (Å²) < 4.78 is 2.25. The molecule has 1 aliphatic heterocycles. The van der Waals surface area contributed by atoms with Gasteiger partial charge in [-0.05, 0) is 64.2 Å². The molecule has 0 aromatic carbocycles. The lowest BCUT2D eigenvalue weighted by atomic mass is 9.51. The summed E-state index contributed by atoms with van der Waals surface area (Å²) in [5.41, 5.74) is 1.54. The largest absolute Gasteiger partial charge is 0.494 e. The number of hydrogen-bond donors (Lipinski definition) is 4. The number of amidine groups is 1. The summed E-state index contributed by atoms with van der Waals surface area (Å²) in [7, 11) is 1.46. The number of nitrogen functional groups attached to an aromatic ring is 1. The third kappa shape index (κ3) is 4.24. The lowest BCUT2D eigenvalue weighted by molar-refractivity contribution is -0.151. The Bertz CT molecular complexity index is 1240. The molecule has 0 bridgehead atoms. The van der Waals surface area contributed by atoms with Gasteiger partial charge in [0.05, 0.1) is 12.1 Å². The van der Waals surface area contributed by atoms with E-state index >= 15 is 0 Å². The molecule has 5 N–H and O–H groups in total. The number of rotatable bonds is 7. The number of carbonyl (C=O) groups is 2. The molecule has 204 valence electrons. The first kappa shape index (κ1) is 26.9. The minimum atomic E-state index is -1.15. The summed E-state index contributed by atoms with van der Waals surface area (Å²) in [5, 5.41) is 28.7. The van der Waals surface area contributed by atoms with E-state index in [2.05, 4.69) is 0 Å². The lowest BCUT2D eigenvalue weighted by Crippen LogP contribution is -2.65. The zero-order valence-electron chi connectivity index (χ0n) is 22.0. The van der Waals surface area contributed by atoms with Crippen LogP contribution in [-0.4, -0.2) is 71.7 Å². The van der Waals surface area contributed by atoms with Gasteiger partial charge < -0.3 is 20.8 Å². The monoisotopic (exact) mass is 518 g/mol. The number of unbranched alkanes of at least 4 members (excludes halogenated alkanes) is 1. The molecule has 1 saturated heterocycles. The summed E-state index contributed by atoms with van der Waals surface area (Å²) in [5.74, 6) is -1.41. The summed E-state index contributed by atoms with van der Waals surface area (Å²) in [4.78, 5) is 55.0. The van der Waals surface area contributed by atoms with Gasteiger partial charge >= 0.3 is 11.7 Å². The number of nitrogens with zero attached hydrogens (tertiary/aromatic N) is 4. The van der Waals surface area contributed by atoms with Gasteiger partial charge in [-0.1, -0.05) is 13.3 Å². The fourth-order valence-electron chi connectivity index (χ4n) is 6.58. The van der Waals surface area contributed by atoms with E-state index in [0.717, 1.165) is 20.5 Å². The van der Waals surface area contributed by atoms with Crippen molar-refractivity contribution in [3.63, 3.8) is 0 Å². The number of urea groups is 1. The van der Waals surface area contributed by atoms with E-state index in [1.165, 1.54) is 11.9 Å². The molecule has 0 unspecified atom stereocenters. The highest BCUT2D eigenvalue weighted by Crippen LogP contribution is 2.62. The van der Waals surface area contributed by atoms with E-state index < -0.39 is 46.2 Å². The molecule has 0 atom stereocenters. The maximum Gasteiger partial charge on any atom is 0.334 e. The molecule has 2 spiro atoms. The van der Waals surface area contributed by atoms with E-state index in [1.807, 2.05) is 6.92 Å². The molecule has 4 rings (SSSR count). The molecule has 12 heteroatoms. The van der Waals surface area contributed by atoms with Crippen molar-refractivity contribution in [3.8, 4) is 5.88 Å². The van der Waals surface area contributed by atoms with Crippen LogP contribution < -0.4 is 17.0 Å². The number of carbonyl (C=O) groups excluding carboxylic acids is 2. The highest BCUT2D eigenvalue weighted by Gasteiger charge is 2.68. The van der Waals surface area contributed by atoms with Gasteiger partial charge in [0.1, 0.15) is 16.9 Å². The van der Waals surface area contributed by atoms with Gasteiger partial charge in [0, 0.05) is 19.6 Å². The molecular weight excluding hydrogens is 480 g/mol. The van der Waals surface area contributed by atoms with Crippen molar-refractivity contribution < 1.29 is 19.8 Å². The number of aromatic nitrogens is 2. The maximum atomic E-state index is 13.3. The van der Waals surface area contributed by atoms with Crippen molar-refractivity contribution in [1.29, 1.82) is 5.41 Å². The van der Waals surface area contributed by atoms with Gasteiger partial charge in [-0.2, -0.15) is 0 Å². The minimum absolute atomic E-state index is 0.0502. The molecule has 3 aliphatic rings. The van der Waals surface area contributed by atoms with Crippen molar-refractivity contribution >= 4 is 17.8 Å². The summed E-state index contributed by atoms with van der Waals surface area (Å²) in [6, 6.07) is -0.833. The van der Waals surface area contributed by atoms with Crippen LogP contribution in [0.3, 0.4) is 0 Å². The first-order valence-corrected chi connectivity index (χ1v) is 12.9. The van der Waals surface area contributed by atoms with Crippen molar-refractivity contribution in [2.45, 2.75) is 95.9 Å². The van der Waals surface area contributed by atoms with Crippen LogP contribution in [0.5, 0.6) is 5.88 Å². The third-order valence-corrected chi connectivity index (χ3v) is 8.35. The molecule has 1 aromatic heterocycles. The Labute approximate surface area is 215 Å². The Morgan fingerprint density at radius 1 is 1.16 bits per heavy atom. The number of nitrogens with two attached hydrogens (primary N) is 1. The second kappa shape index (κ2) is 9.00. The standard InChI is InChI=1S/C25H38N6O6/c1-5-6-11-29-18(32)16(17(26)27)19(33)31(22(29)36)15-7-9-24(10-8-15)12-25(13-24)20(34)28(4)21(35)30(25)14-23(2,3)37/h15,32,37H,5-14H2,1-4H3,(H3,26,27). The minimum Gasteiger partial charge on any atom is -0.494 e. The highest BCUT2D eigenvalue weighted by molar-refractivity contribution is 6.07. The molecule has 2 saturated carbocycles. The number of hydrogen-bond acceptors (Lipinski definition) is 7. The van der Waals surface area contributed by atoms with Gasteiger partial charge in [0.15, 0.2) is 0 Å². The van der Waals surface area contributed by atoms with Crippen LogP contribution in [0, 0.1) is 10.8 Å². The van der Waals surface area contributed by atoms with Crippen molar-refractivity contribution in [1.82, 2.24) is 18.9 Å². The second-order valence-corrected chi connectivity index (χ2v) is 11.7. The van der Waals surface area contributed by atoms with Crippen LogP contribution in [0.2, 0.25) is 0 Å². The zero-order chi connectivity index (χ0) is 27.5. The summed E-state index contributed by atoms with van der Waals surface area (Å²) >= 11 is 0. The van der Waals surface area contributed by atoms with Crippen LogP contribution in [0.25, 0.3) is 0 Å². The molecule has 2 heterocycles. The Kier molecular flexibility index (Phi) is 6.54. The number of nitrogens with one attached hydrogen (secondary N) is 1. The zero-order valence-corrected chi connectivity index (χ0v) is 22.0. The molecule has 3 fully saturated rings. The number of imide groups is 1. The Morgan fingerprint density at radius 2 is 1.76 bits per heavy atom. The van der Waals surface area contributed by atoms with E-state index in [-0.39, 0.29) is 30.0 Å². The molecule has 1 aromatic rings. The van der Waals surface area contributed by atoms with E-state index in [1.54, 1.807) is 13.8 Å². The third-order valence-electron chi connectivity index (χ3n) is 8.35. The van der Waals surface area contributed by atoms with E-state index in [4.69, 9.17) is 11.1 Å². The smallest absolute Gasteiger partial charge is 0.334 e. The van der Waals surface area contributed by atoms with Crippen LogP contribution in [0.4, 0.5) is 4.79 Å². The van der Waals surface area contributed by atoms with Gasteiger partial charge in [0.2, 0.25) is 5.88 Å². The summed E-state index contributed by atoms with van der Waals surface area (Å²) in [6.07, 6.45) is 4.64. The molecule has 12 nitrogen and oxygen atoms in total. The summed E-state index contributed by atoms with van der Waals surface area (Å²) in [6.45, 7) is 5.41. The molecule has 0 radical (unpaired) electrons. The van der Waals surface area contributed by atoms with Gasteiger partial charge in [-0.3, -0.25) is 29.0 Å². The average Bonchev–Trinajstić information content (AvgIpc) is 2.95. The van der Waals surface area contributed by atoms with Crippen LogP contribution in [0.1, 0.15) is 83.7 Å².